The lowest BCUT2D eigenvalue weighted by molar-refractivity contribution is -0.146. The number of carboxylic acids is 1. The minimum absolute atomic E-state index is 0.135. The molecule has 2 saturated heterocycles. The number of rotatable bonds is 2. The van der Waals surface area contributed by atoms with Crippen molar-refractivity contribution in [3.8, 4) is 0 Å². The predicted molar refractivity (Wildman–Crippen MR) is 91.2 cm³/mol. The molecule has 1 aromatic carbocycles. The molecule has 4 rings (SSSR count). The van der Waals surface area contributed by atoms with E-state index >= 15 is 0 Å². The van der Waals surface area contributed by atoms with Gasteiger partial charge in [0, 0.05) is 37.1 Å². The number of nitrogens with zero attached hydrogens (tertiary/aromatic N) is 2. The average Bonchev–Trinajstić information content (AvgIpc) is 3.01. The van der Waals surface area contributed by atoms with E-state index in [0.717, 1.165) is 0 Å². The Morgan fingerprint density at radius 2 is 2.00 bits per heavy atom. The Hall–Kier alpha value is -2.54. The maximum absolute atomic E-state index is 14.0. The molecule has 2 aliphatic heterocycles. The molecule has 1 spiro atoms. The third kappa shape index (κ3) is 2.72. The number of carbonyl (C=O) groups excluding carboxylic acids is 1. The SMILES string of the molecule is O=C(O)C1CN(C(=O)c2ccc3cccc(F)c3n2)CC12CCOCC2. The molecule has 1 atom stereocenters. The van der Waals surface area contributed by atoms with Gasteiger partial charge in [-0.05, 0) is 25.0 Å². The first-order valence-corrected chi connectivity index (χ1v) is 8.65. The summed E-state index contributed by atoms with van der Waals surface area (Å²) in [7, 11) is 0. The Bertz CT molecular complexity index is 879. The van der Waals surface area contributed by atoms with E-state index in [1.807, 2.05) is 0 Å². The first kappa shape index (κ1) is 16.9. The van der Waals surface area contributed by atoms with Gasteiger partial charge in [-0.1, -0.05) is 18.2 Å². The molecule has 1 unspecified atom stereocenters. The van der Waals surface area contributed by atoms with Gasteiger partial charge in [-0.25, -0.2) is 9.37 Å². The molecule has 0 bridgehead atoms. The number of aromatic nitrogens is 1. The zero-order valence-corrected chi connectivity index (χ0v) is 14.2. The minimum atomic E-state index is -0.889. The number of likely N-dealkylation sites (tertiary alicyclic amines) is 1. The molecule has 0 radical (unpaired) electrons. The second-order valence-electron chi connectivity index (χ2n) is 7.06. The second-order valence-corrected chi connectivity index (χ2v) is 7.06. The van der Waals surface area contributed by atoms with Crippen molar-refractivity contribution in [1.29, 1.82) is 0 Å². The lowest BCUT2D eigenvalue weighted by atomic mass is 9.72. The highest BCUT2D eigenvalue weighted by atomic mass is 19.1. The third-order valence-electron chi connectivity index (χ3n) is 5.61. The van der Waals surface area contributed by atoms with Crippen molar-refractivity contribution in [2.75, 3.05) is 26.3 Å². The number of aliphatic carboxylic acids is 1. The number of hydrogen-bond acceptors (Lipinski definition) is 4. The minimum Gasteiger partial charge on any atom is -0.481 e. The van der Waals surface area contributed by atoms with E-state index in [9.17, 15) is 19.1 Å². The van der Waals surface area contributed by atoms with E-state index in [0.29, 0.717) is 38.0 Å². The summed E-state index contributed by atoms with van der Waals surface area (Å²) in [5.74, 6) is -2.35. The number of para-hydroxylation sites is 1. The van der Waals surface area contributed by atoms with Gasteiger partial charge in [0.2, 0.25) is 0 Å². The lowest BCUT2D eigenvalue weighted by Gasteiger charge is -2.36. The van der Waals surface area contributed by atoms with Gasteiger partial charge in [0.05, 0.1) is 5.92 Å². The molecule has 2 fully saturated rings. The van der Waals surface area contributed by atoms with Crippen LogP contribution in [0.4, 0.5) is 4.39 Å². The predicted octanol–water partition coefficient (Wildman–Crippen LogP) is 2.33. The quantitative estimate of drug-likeness (QED) is 0.891. The fourth-order valence-electron chi connectivity index (χ4n) is 4.14. The van der Waals surface area contributed by atoms with Gasteiger partial charge >= 0.3 is 5.97 Å². The van der Waals surface area contributed by atoms with Crippen LogP contribution in [-0.2, 0) is 9.53 Å². The number of fused-ring (bicyclic) bond motifs is 1. The zero-order chi connectivity index (χ0) is 18.3. The Morgan fingerprint density at radius 3 is 2.73 bits per heavy atom. The summed E-state index contributed by atoms with van der Waals surface area (Å²) in [6.07, 6.45) is 1.24. The molecule has 136 valence electrons. The normalized spacial score (nSPS) is 22.0. The van der Waals surface area contributed by atoms with Crippen molar-refractivity contribution >= 4 is 22.8 Å². The highest BCUT2D eigenvalue weighted by Gasteiger charge is 2.52. The third-order valence-corrected chi connectivity index (χ3v) is 5.61. The molecular formula is C19H19FN2O4. The largest absolute Gasteiger partial charge is 0.481 e. The Balaban J connectivity index is 1.64. The van der Waals surface area contributed by atoms with Crippen molar-refractivity contribution in [2.45, 2.75) is 12.8 Å². The molecule has 1 amide bonds. The van der Waals surface area contributed by atoms with E-state index in [2.05, 4.69) is 4.98 Å². The molecule has 2 aliphatic rings. The Morgan fingerprint density at radius 1 is 1.23 bits per heavy atom. The molecule has 0 aliphatic carbocycles. The fraction of sp³-hybridized carbons (Fsp3) is 0.421. The van der Waals surface area contributed by atoms with Crippen LogP contribution in [0.1, 0.15) is 23.3 Å². The van der Waals surface area contributed by atoms with Crippen molar-refractivity contribution in [3.63, 3.8) is 0 Å². The number of carbonyl (C=O) groups is 2. The van der Waals surface area contributed by atoms with Crippen LogP contribution >= 0.6 is 0 Å². The number of pyridine rings is 1. The van der Waals surface area contributed by atoms with Gasteiger partial charge in [0.25, 0.3) is 5.91 Å². The summed E-state index contributed by atoms with van der Waals surface area (Å²) in [4.78, 5) is 30.4. The van der Waals surface area contributed by atoms with E-state index in [-0.39, 0.29) is 23.7 Å². The molecule has 6 nitrogen and oxygen atoms in total. The highest BCUT2D eigenvalue weighted by Crippen LogP contribution is 2.44. The van der Waals surface area contributed by atoms with Crippen molar-refractivity contribution in [1.82, 2.24) is 9.88 Å². The first-order chi connectivity index (χ1) is 12.5. The molecule has 2 aromatic rings. The Kier molecular flexibility index (Phi) is 4.11. The Labute approximate surface area is 149 Å². The maximum atomic E-state index is 14.0. The monoisotopic (exact) mass is 358 g/mol. The van der Waals surface area contributed by atoms with Crippen LogP contribution in [0.3, 0.4) is 0 Å². The van der Waals surface area contributed by atoms with Gasteiger partial charge in [-0.2, -0.15) is 0 Å². The lowest BCUT2D eigenvalue weighted by Crippen LogP contribution is -2.40. The summed E-state index contributed by atoms with van der Waals surface area (Å²) >= 11 is 0. The summed E-state index contributed by atoms with van der Waals surface area (Å²) < 4.78 is 19.4. The van der Waals surface area contributed by atoms with Crippen LogP contribution in [0.2, 0.25) is 0 Å². The molecule has 3 heterocycles. The van der Waals surface area contributed by atoms with Gasteiger partial charge in [-0.15, -0.1) is 0 Å². The van der Waals surface area contributed by atoms with E-state index in [4.69, 9.17) is 4.74 Å². The highest BCUT2D eigenvalue weighted by molar-refractivity contribution is 5.95. The second kappa shape index (κ2) is 6.32. The van der Waals surface area contributed by atoms with Crippen LogP contribution in [0.25, 0.3) is 10.9 Å². The van der Waals surface area contributed by atoms with Crippen LogP contribution in [0, 0.1) is 17.2 Å². The van der Waals surface area contributed by atoms with Crippen LogP contribution in [0.15, 0.2) is 30.3 Å². The standard InChI is InChI=1S/C19H19FN2O4/c20-14-3-1-2-12-4-5-15(21-16(12)14)17(23)22-10-13(18(24)25)19(11-22)6-8-26-9-7-19/h1-5,13H,6-11H2,(H,24,25). The summed E-state index contributed by atoms with van der Waals surface area (Å²) in [5, 5.41) is 10.3. The summed E-state index contributed by atoms with van der Waals surface area (Å²) in [6.45, 7) is 1.52. The molecular weight excluding hydrogens is 339 g/mol. The smallest absolute Gasteiger partial charge is 0.308 e. The topological polar surface area (TPSA) is 79.7 Å². The average molecular weight is 358 g/mol. The number of carboxylic acid groups (broad SMARTS) is 1. The van der Waals surface area contributed by atoms with Crippen molar-refractivity contribution in [3.05, 3.63) is 41.8 Å². The number of amides is 1. The fourth-order valence-corrected chi connectivity index (χ4v) is 4.14. The van der Waals surface area contributed by atoms with Crippen LogP contribution < -0.4 is 0 Å². The van der Waals surface area contributed by atoms with Gasteiger partial charge < -0.3 is 14.7 Å². The van der Waals surface area contributed by atoms with E-state index < -0.39 is 23.1 Å². The van der Waals surface area contributed by atoms with Crippen LogP contribution in [-0.4, -0.2) is 53.2 Å². The van der Waals surface area contributed by atoms with E-state index in [1.165, 1.54) is 6.07 Å². The number of halogens is 1. The first-order valence-electron chi connectivity index (χ1n) is 8.65. The molecule has 7 heteroatoms. The van der Waals surface area contributed by atoms with Crippen molar-refractivity contribution < 1.29 is 23.8 Å². The molecule has 0 saturated carbocycles. The van der Waals surface area contributed by atoms with Gasteiger partial charge in [0.15, 0.2) is 0 Å². The number of hydrogen-bond donors (Lipinski definition) is 1. The number of ether oxygens (including phenoxy) is 1. The molecule has 1 aromatic heterocycles. The molecule has 1 N–H and O–H groups in total. The molecule has 26 heavy (non-hydrogen) atoms. The van der Waals surface area contributed by atoms with E-state index in [1.54, 1.807) is 29.2 Å². The number of benzene rings is 1. The van der Waals surface area contributed by atoms with Crippen molar-refractivity contribution in [2.24, 2.45) is 11.3 Å². The maximum Gasteiger partial charge on any atom is 0.308 e. The van der Waals surface area contributed by atoms with Gasteiger partial charge in [0.1, 0.15) is 17.0 Å². The summed E-state index contributed by atoms with van der Waals surface area (Å²) in [6, 6.07) is 7.85. The zero-order valence-electron chi connectivity index (χ0n) is 14.2. The summed E-state index contributed by atoms with van der Waals surface area (Å²) in [5.41, 5.74) is -0.175. The van der Waals surface area contributed by atoms with Crippen LogP contribution in [0.5, 0.6) is 0 Å². The van der Waals surface area contributed by atoms with Gasteiger partial charge in [-0.3, -0.25) is 9.59 Å².